The number of hydrogen-bond donors (Lipinski definition) is 2. The summed E-state index contributed by atoms with van der Waals surface area (Å²) in [5.41, 5.74) is 0.381. The molecule has 5 nitrogen and oxygen atoms in total. The Labute approximate surface area is 155 Å². The minimum Gasteiger partial charge on any atom is -0.355 e. The smallest absolute Gasteiger partial charge is 0.355 e. The van der Waals surface area contributed by atoms with Crippen molar-refractivity contribution in [3.8, 4) is 0 Å². The van der Waals surface area contributed by atoms with E-state index >= 15 is 0 Å². The van der Waals surface area contributed by atoms with Crippen molar-refractivity contribution in [1.29, 1.82) is 0 Å². The predicted molar refractivity (Wildman–Crippen MR) is 98.1 cm³/mol. The standard InChI is InChI=1S/C17H22F3N5S/c1-21-16(23-10-15-24-14(12-26-15)17(18,19)20)22-8-9-25(2)11-13-6-4-3-5-7-13/h3-7,12H,8-11H2,1-2H3,(H2,21,22,23). The number of alkyl halides is 3. The summed E-state index contributed by atoms with van der Waals surface area (Å²) in [6.45, 7) is 2.49. The van der Waals surface area contributed by atoms with Gasteiger partial charge in [-0.2, -0.15) is 13.2 Å². The number of benzene rings is 1. The largest absolute Gasteiger partial charge is 0.434 e. The molecule has 0 saturated heterocycles. The van der Waals surface area contributed by atoms with Crippen molar-refractivity contribution in [2.75, 3.05) is 27.2 Å². The van der Waals surface area contributed by atoms with Crippen molar-refractivity contribution < 1.29 is 13.2 Å². The number of thiazole rings is 1. The molecule has 0 saturated carbocycles. The van der Waals surface area contributed by atoms with Crippen molar-refractivity contribution in [2.24, 2.45) is 4.99 Å². The van der Waals surface area contributed by atoms with E-state index in [1.807, 2.05) is 25.2 Å². The number of halogens is 3. The minimum atomic E-state index is -4.40. The molecule has 0 aliphatic rings. The van der Waals surface area contributed by atoms with Gasteiger partial charge in [0.25, 0.3) is 0 Å². The molecule has 0 spiro atoms. The number of likely N-dealkylation sites (N-methyl/N-ethyl adjacent to an activating group) is 1. The van der Waals surface area contributed by atoms with Gasteiger partial charge in [0.2, 0.25) is 0 Å². The van der Waals surface area contributed by atoms with Crippen molar-refractivity contribution in [2.45, 2.75) is 19.3 Å². The van der Waals surface area contributed by atoms with Gasteiger partial charge >= 0.3 is 6.18 Å². The fourth-order valence-electron chi connectivity index (χ4n) is 2.24. The van der Waals surface area contributed by atoms with Gasteiger partial charge in [-0.25, -0.2) is 4.98 Å². The zero-order chi connectivity index (χ0) is 19.0. The van der Waals surface area contributed by atoms with Crippen LogP contribution in [0.25, 0.3) is 0 Å². The molecule has 0 bridgehead atoms. The van der Waals surface area contributed by atoms with Gasteiger partial charge in [0.05, 0.1) is 6.54 Å². The monoisotopic (exact) mass is 385 g/mol. The molecule has 0 fully saturated rings. The maximum atomic E-state index is 12.5. The molecular weight excluding hydrogens is 363 g/mol. The number of aromatic nitrogens is 1. The van der Waals surface area contributed by atoms with Crippen LogP contribution in [-0.2, 0) is 19.3 Å². The van der Waals surface area contributed by atoms with E-state index in [9.17, 15) is 13.2 Å². The molecule has 142 valence electrons. The highest BCUT2D eigenvalue weighted by Crippen LogP contribution is 2.29. The third-order valence-corrected chi connectivity index (χ3v) is 4.40. The molecule has 9 heteroatoms. The Bertz CT molecular complexity index is 700. The van der Waals surface area contributed by atoms with Gasteiger partial charge in [0.1, 0.15) is 5.01 Å². The van der Waals surface area contributed by atoms with Gasteiger partial charge in [-0.15, -0.1) is 11.3 Å². The van der Waals surface area contributed by atoms with Crippen LogP contribution in [0.3, 0.4) is 0 Å². The summed E-state index contributed by atoms with van der Waals surface area (Å²) >= 11 is 0.974. The Morgan fingerprint density at radius 2 is 1.96 bits per heavy atom. The van der Waals surface area contributed by atoms with Gasteiger partial charge in [0.15, 0.2) is 11.7 Å². The van der Waals surface area contributed by atoms with E-state index in [1.165, 1.54) is 5.56 Å². The number of aliphatic imine (C=N–C) groups is 1. The van der Waals surface area contributed by atoms with E-state index in [2.05, 4.69) is 37.6 Å². The number of nitrogens with one attached hydrogen (secondary N) is 2. The van der Waals surface area contributed by atoms with Crippen LogP contribution in [0.5, 0.6) is 0 Å². The van der Waals surface area contributed by atoms with Crippen LogP contribution >= 0.6 is 11.3 Å². The summed E-state index contributed by atoms with van der Waals surface area (Å²) < 4.78 is 37.6. The van der Waals surface area contributed by atoms with Gasteiger partial charge < -0.3 is 15.5 Å². The van der Waals surface area contributed by atoms with E-state index in [-0.39, 0.29) is 6.54 Å². The number of guanidine groups is 1. The van der Waals surface area contributed by atoms with E-state index in [0.717, 1.165) is 29.8 Å². The second-order valence-corrected chi connectivity index (χ2v) is 6.64. The average molecular weight is 385 g/mol. The first kappa shape index (κ1) is 20.2. The molecule has 0 amide bonds. The highest BCUT2D eigenvalue weighted by molar-refractivity contribution is 7.09. The average Bonchev–Trinajstić information content (AvgIpc) is 3.08. The summed E-state index contributed by atoms with van der Waals surface area (Å²) in [4.78, 5) is 9.83. The lowest BCUT2D eigenvalue weighted by molar-refractivity contribution is -0.140. The summed E-state index contributed by atoms with van der Waals surface area (Å²) in [5, 5.41) is 7.50. The molecule has 0 radical (unpaired) electrons. The summed E-state index contributed by atoms with van der Waals surface area (Å²) in [5.74, 6) is 0.530. The molecule has 0 atom stereocenters. The molecule has 0 aliphatic carbocycles. The summed E-state index contributed by atoms with van der Waals surface area (Å²) in [6.07, 6.45) is -4.40. The van der Waals surface area contributed by atoms with Crippen LogP contribution in [0.4, 0.5) is 13.2 Å². The molecule has 0 aliphatic heterocycles. The second-order valence-electron chi connectivity index (χ2n) is 5.70. The van der Waals surface area contributed by atoms with Gasteiger partial charge in [0, 0.05) is 32.1 Å². The SMILES string of the molecule is CN=C(NCCN(C)Cc1ccccc1)NCc1nc(C(F)(F)F)cs1. The maximum absolute atomic E-state index is 12.5. The highest BCUT2D eigenvalue weighted by atomic mass is 32.1. The topological polar surface area (TPSA) is 52.6 Å². The molecule has 1 heterocycles. The van der Waals surface area contributed by atoms with Gasteiger partial charge in [-0.1, -0.05) is 30.3 Å². The molecule has 1 aromatic heterocycles. The van der Waals surface area contributed by atoms with Gasteiger partial charge in [-0.3, -0.25) is 4.99 Å². The van der Waals surface area contributed by atoms with E-state index in [0.29, 0.717) is 17.5 Å². The van der Waals surface area contributed by atoms with Crippen LogP contribution in [0.2, 0.25) is 0 Å². The van der Waals surface area contributed by atoms with Crippen LogP contribution in [0.15, 0.2) is 40.7 Å². The lowest BCUT2D eigenvalue weighted by Gasteiger charge is -2.18. The van der Waals surface area contributed by atoms with Crippen LogP contribution in [0.1, 0.15) is 16.3 Å². The Hall–Kier alpha value is -2.13. The molecule has 2 N–H and O–H groups in total. The fraction of sp³-hybridized carbons (Fsp3) is 0.412. The van der Waals surface area contributed by atoms with Crippen molar-refractivity contribution in [3.63, 3.8) is 0 Å². The van der Waals surface area contributed by atoms with Crippen molar-refractivity contribution in [3.05, 3.63) is 52.0 Å². The second kappa shape index (κ2) is 9.54. The zero-order valence-corrected chi connectivity index (χ0v) is 15.5. The molecule has 26 heavy (non-hydrogen) atoms. The molecular formula is C17H22F3N5S. The third kappa shape index (κ3) is 6.64. The Kier molecular flexibility index (Phi) is 7.40. The Morgan fingerprint density at radius 3 is 2.58 bits per heavy atom. The summed E-state index contributed by atoms with van der Waals surface area (Å²) in [6, 6.07) is 10.2. The first-order chi connectivity index (χ1) is 12.4. The quantitative estimate of drug-likeness (QED) is 0.568. The first-order valence-corrected chi connectivity index (χ1v) is 8.95. The number of rotatable bonds is 7. The lowest BCUT2D eigenvalue weighted by Crippen LogP contribution is -2.40. The number of nitrogens with zero attached hydrogens (tertiary/aromatic N) is 3. The first-order valence-electron chi connectivity index (χ1n) is 8.07. The minimum absolute atomic E-state index is 0.195. The molecule has 2 aromatic rings. The molecule has 0 unspecified atom stereocenters. The molecule has 1 aromatic carbocycles. The molecule has 2 rings (SSSR count). The van der Waals surface area contributed by atoms with Crippen molar-refractivity contribution >= 4 is 17.3 Å². The third-order valence-electron chi connectivity index (χ3n) is 3.55. The van der Waals surface area contributed by atoms with E-state index in [4.69, 9.17) is 0 Å². The normalized spacial score (nSPS) is 12.5. The van der Waals surface area contributed by atoms with Gasteiger partial charge in [-0.05, 0) is 12.6 Å². The van der Waals surface area contributed by atoms with Crippen LogP contribution < -0.4 is 10.6 Å². The van der Waals surface area contributed by atoms with Crippen LogP contribution in [-0.4, -0.2) is 43.0 Å². The highest BCUT2D eigenvalue weighted by Gasteiger charge is 2.33. The Balaban J connectivity index is 1.71. The maximum Gasteiger partial charge on any atom is 0.434 e. The lowest BCUT2D eigenvalue weighted by atomic mass is 10.2. The number of hydrogen-bond acceptors (Lipinski definition) is 4. The summed E-state index contributed by atoms with van der Waals surface area (Å²) in [7, 11) is 3.64. The Morgan fingerprint density at radius 1 is 1.23 bits per heavy atom. The predicted octanol–water partition coefficient (Wildman–Crippen LogP) is 2.96. The van der Waals surface area contributed by atoms with Crippen molar-refractivity contribution in [1.82, 2.24) is 20.5 Å². The zero-order valence-electron chi connectivity index (χ0n) is 14.7. The fourth-order valence-corrected chi connectivity index (χ4v) is 2.98. The van der Waals surface area contributed by atoms with E-state index in [1.54, 1.807) is 7.05 Å². The van der Waals surface area contributed by atoms with E-state index < -0.39 is 11.9 Å². The van der Waals surface area contributed by atoms with Crippen LogP contribution in [0, 0.1) is 0 Å².